The van der Waals surface area contributed by atoms with Crippen molar-refractivity contribution in [3.63, 3.8) is 0 Å². The molecule has 3 amide bonds. The number of hydrogen-bond donors (Lipinski definition) is 6. The summed E-state index contributed by atoms with van der Waals surface area (Å²) in [6.45, 7) is 5.97. The lowest BCUT2D eigenvalue weighted by atomic mass is 9.66. The number of nitrogens with two attached hydrogens (primary N) is 2. The molecular weight excluding hydrogens is 446 g/mol. The van der Waals surface area contributed by atoms with Crippen LogP contribution in [-0.4, -0.2) is 40.5 Å². The van der Waals surface area contributed by atoms with Gasteiger partial charge < -0.3 is 21.9 Å². The number of aliphatic hydroxyl groups is 1. The summed E-state index contributed by atoms with van der Waals surface area (Å²) in [6, 6.07) is 18.1. The summed E-state index contributed by atoms with van der Waals surface area (Å²) < 4.78 is 0. The number of hydrogen-bond acceptors (Lipinski definition) is 6. The molecule has 0 heterocycles. The van der Waals surface area contributed by atoms with E-state index in [1.54, 1.807) is 31.2 Å². The Kier molecular flexibility index (Phi) is 9.94. The monoisotopic (exact) mass is 483 g/mol. The van der Waals surface area contributed by atoms with Crippen LogP contribution in [0.2, 0.25) is 0 Å². The standard InChI is InChI=1S/C26H37N5O4/c1-4-21(15-19-11-7-5-8-12-19)25(28,22(27)32)26(35,24(34)31-30-16-18(2)3)23(33)29-17-20-13-9-6-10-14-20/h5-14,18,21,30,35H,4,15-17,28H2,1-3H3,(H2,27,32)(H,29,33)(H,31,34). The van der Waals surface area contributed by atoms with E-state index < -0.39 is 34.8 Å². The second-order valence-corrected chi connectivity index (χ2v) is 9.14. The van der Waals surface area contributed by atoms with Gasteiger partial charge in [0.1, 0.15) is 5.54 Å². The van der Waals surface area contributed by atoms with Crippen molar-refractivity contribution in [1.82, 2.24) is 16.2 Å². The molecule has 0 spiro atoms. The zero-order chi connectivity index (χ0) is 26.1. The lowest BCUT2D eigenvalue weighted by Gasteiger charge is -2.44. The largest absolute Gasteiger partial charge is 0.370 e. The number of rotatable bonds is 13. The van der Waals surface area contributed by atoms with Gasteiger partial charge in [-0.05, 0) is 29.4 Å². The highest BCUT2D eigenvalue weighted by atomic mass is 16.3. The quantitative estimate of drug-likeness (QED) is 0.182. The first-order chi connectivity index (χ1) is 16.6. The molecule has 0 saturated heterocycles. The predicted molar refractivity (Wildman–Crippen MR) is 134 cm³/mol. The summed E-state index contributed by atoms with van der Waals surface area (Å²) >= 11 is 0. The van der Waals surface area contributed by atoms with Gasteiger partial charge >= 0.3 is 0 Å². The first kappa shape index (κ1) is 28.0. The maximum absolute atomic E-state index is 13.5. The van der Waals surface area contributed by atoms with Crippen LogP contribution in [0.25, 0.3) is 0 Å². The summed E-state index contributed by atoms with van der Waals surface area (Å²) in [5.41, 5.74) is 13.5. The summed E-state index contributed by atoms with van der Waals surface area (Å²) in [6.07, 6.45) is 0.493. The van der Waals surface area contributed by atoms with Crippen molar-refractivity contribution in [2.75, 3.05) is 6.54 Å². The molecule has 9 heteroatoms. The third kappa shape index (κ3) is 6.45. The molecule has 0 aliphatic heterocycles. The Hall–Kier alpha value is -3.27. The Morgan fingerprint density at radius 1 is 0.943 bits per heavy atom. The molecule has 2 aromatic rings. The van der Waals surface area contributed by atoms with E-state index in [1.165, 1.54) is 0 Å². The molecule has 8 N–H and O–H groups in total. The number of carbonyl (C=O) groups is 3. The fraction of sp³-hybridized carbons (Fsp3) is 0.423. The number of hydrazine groups is 1. The van der Waals surface area contributed by atoms with Crippen LogP contribution < -0.4 is 27.6 Å². The first-order valence-electron chi connectivity index (χ1n) is 11.8. The number of nitrogens with one attached hydrogen (secondary N) is 3. The highest BCUT2D eigenvalue weighted by molar-refractivity contribution is 6.14. The molecule has 2 aromatic carbocycles. The molecule has 3 atom stereocenters. The van der Waals surface area contributed by atoms with Crippen molar-refractivity contribution in [3.8, 4) is 0 Å². The minimum absolute atomic E-state index is 0.0129. The van der Waals surface area contributed by atoms with E-state index in [2.05, 4.69) is 16.2 Å². The number of primary amides is 1. The summed E-state index contributed by atoms with van der Waals surface area (Å²) in [5, 5.41) is 14.3. The Bertz CT molecular complexity index is 986. The van der Waals surface area contributed by atoms with Crippen LogP contribution in [0, 0.1) is 11.8 Å². The van der Waals surface area contributed by atoms with Crippen molar-refractivity contribution in [2.45, 2.75) is 51.3 Å². The highest BCUT2D eigenvalue weighted by Crippen LogP contribution is 2.33. The predicted octanol–water partition coefficient (Wildman–Crippen LogP) is 0.762. The zero-order valence-corrected chi connectivity index (χ0v) is 20.6. The van der Waals surface area contributed by atoms with Crippen LogP contribution in [0.4, 0.5) is 0 Å². The van der Waals surface area contributed by atoms with E-state index in [1.807, 2.05) is 50.2 Å². The van der Waals surface area contributed by atoms with Gasteiger partial charge in [-0.3, -0.25) is 19.8 Å². The van der Waals surface area contributed by atoms with Crippen molar-refractivity contribution in [2.24, 2.45) is 23.3 Å². The van der Waals surface area contributed by atoms with E-state index in [0.717, 1.165) is 11.1 Å². The Balaban J connectivity index is 2.48. The van der Waals surface area contributed by atoms with Crippen LogP contribution in [0.1, 0.15) is 38.3 Å². The molecule has 190 valence electrons. The van der Waals surface area contributed by atoms with Crippen LogP contribution in [0.3, 0.4) is 0 Å². The molecule has 0 saturated carbocycles. The topological polar surface area (TPSA) is 160 Å². The van der Waals surface area contributed by atoms with E-state index in [-0.39, 0.29) is 25.3 Å². The molecule has 9 nitrogen and oxygen atoms in total. The van der Waals surface area contributed by atoms with Gasteiger partial charge in [-0.2, -0.15) is 0 Å². The maximum Gasteiger partial charge on any atom is 0.278 e. The van der Waals surface area contributed by atoms with E-state index in [4.69, 9.17) is 11.5 Å². The lowest BCUT2D eigenvalue weighted by Crippen LogP contribution is -2.80. The summed E-state index contributed by atoms with van der Waals surface area (Å²) in [4.78, 5) is 39.7. The molecule has 3 unspecified atom stereocenters. The molecule has 35 heavy (non-hydrogen) atoms. The van der Waals surface area contributed by atoms with Crippen LogP contribution >= 0.6 is 0 Å². The lowest BCUT2D eigenvalue weighted by molar-refractivity contribution is -0.170. The second-order valence-electron chi connectivity index (χ2n) is 9.14. The molecule has 2 rings (SSSR count). The van der Waals surface area contributed by atoms with Gasteiger partial charge in [-0.25, -0.2) is 5.43 Å². The summed E-state index contributed by atoms with van der Waals surface area (Å²) in [5.74, 6) is -4.09. The van der Waals surface area contributed by atoms with Gasteiger partial charge in [-0.15, -0.1) is 0 Å². The molecule has 0 fully saturated rings. The molecule has 0 aliphatic carbocycles. The third-order valence-electron chi connectivity index (χ3n) is 6.13. The fourth-order valence-corrected chi connectivity index (χ4v) is 4.01. The van der Waals surface area contributed by atoms with Crippen molar-refractivity contribution in [1.29, 1.82) is 0 Å². The third-order valence-corrected chi connectivity index (χ3v) is 6.13. The van der Waals surface area contributed by atoms with Gasteiger partial charge in [0.25, 0.3) is 17.4 Å². The van der Waals surface area contributed by atoms with Gasteiger partial charge in [0.05, 0.1) is 0 Å². The number of benzene rings is 2. The van der Waals surface area contributed by atoms with Gasteiger partial charge in [-0.1, -0.05) is 87.9 Å². The zero-order valence-electron chi connectivity index (χ0n) is 20.6. The Morgan fingerprint density at radius 3 is 1.97 bits per heavy atom. The number of carbonyl (C=O) groups excluding carboxylic acids is 3. The molecule has 0 aromatic heterocycles. The molecule has 0 bridgehead atoms. The fourth-order valence-electron chi connectivity index (χ4n) is 4.01. The molecule has 0 aliphatic rings. The van der Waals surface area contributed by atoms with Crippen molar-refractivity contribution < 1.29 is 19.5 Å². The Labute approximate surface area is 206 Å². The van der Waals surface area contributed by atoms with Crippen LogP contribution in [0.15, 0.2) is 60.7 Å². The molecular formula is C26H37N5O4. The van der Waals surface area contributed by atoms with E-state index in [0.29, 0.717) is 6.54 Å². The van der Waals surface area contributed by atoms with Gasteiger partial charge in [0.2, 0.25) is 5.91 Å². The van der Waals surface area contributed by atoms with Crippen molar-refractivity contribution >= 4 is 17.7 Å². The molecule has 0 radical (unpaired) electrons. The SMILES string of the molecule is CCC(Cc1ccccc1)C(N)(C(N)=O)C(O)(C(=O)NCc1ccccc1)C(=O)NNCC(C)C. The average molecular weight is 484 g/mol. The Morgan fingerprint density at radius 2 is 1.49 bits per heavy atom. The van der Waals surface area contributed by atoms with Crippen LogP contribution in [0.5, 0.6) is 0 Å². The average Bonchev–Trinajstić information content (AvgIpc) is 2.85. The summed E-state index contributed by atoms with van der Waals surface area (Å²) in [7, 11) is 0. The highest BCUT2D eigenvalue weighted by Gasteiger charge is 2.65. The van der Waals surface area contributed by atoms with Gasteiger partial charge in [0, 0.05) is 13.1 Å². The van der Waals surface area contributed by atoms with Gasteiger partial charge in [0.15, 0.2) is 0 Å². The first-order valence-corrected chi connectivity index (χ1v) is 11.8. The van der Waals surface area contributed by atoms with E-state index >= 15 is 0 Å². The van der Waals surface area contributed by atoms with Crippen molar-refractivity contribution in [3.05, 3.63) is 71.8 Å². The smallest absolute Gasteiger partial charge is 0.278 e. The minimum Gasteiger partial charge on any atom is -0.370 e. The normalized spacial score (nSPS) is 15.5. The second kappa shape index (κ2) is 12.4. The van der Waals surface area contributed by atoms with Crippen LogP contribution in [-0.2, 0) is 27.3 Å². The minimum atomic E-state index is -2.99. The number of amides is 3. The maximum atomic E-state index is 13.5. The van der Waals surface area contributed by atoms with E-state index in [9.17, 15) is 19.5 Å².